The molecule has 3 aromatic carbocycles. The quantitative estimate of drug-likeness (QED) is 0.203. The summed E-state index contributed by atoms with van der Waals surface area (Å²) in [5.41, 5.74) is 0.857. The number of aliphatic carboxylic acids is 1. The van der Waals surface area contributed by atoms with Crippen molar-refractivity contribution in [3.8, 4) is 11.5 Å². The number of carboxylic acids is 1. The second-order valence-corrected chi connectivity index (χ2v) is 9.12. The van der Waals surface area contributed by atoms with Crippen molar-refractivity contribution in [3.05, 3.63) is 95.6 Å². The normalized spacial score (nSPS) is 11.5. The molecule has 0 fully saturated rings. The molecule has 0 radical (unpaired) electrons. The van der Waals surface area contributed by atoms with E-state index in [0.29, 0.717) is 38.3 Å². The Kier molecular flexibility index (Phi) is 12.9. The molecule has 0 heterocycles. The van der Waals surface area contributed by atoms with Crippen molar-refractivity contribution in [1.29, 1.82) is 0 Å². The third-order valence-electron chi connectivity index (χ3n) is 6.08. The molecule has 1 amide bonds. The molecule has 1 N–H and O–H groups in total. The lowest BCUT2D eigenvalue weighted by molar-refractivity contribution is -0.149. The standard InChI is InChI=1S/C31H35F2NO7/c1-2-38-29(30(35)36)20-23-10-14-27(15-11-23)40-19-17-34(16-6-7-18-39-26-8-4-3-5-9-26)31(37)41-22-24-12-13-25(32)21-28(24)33/h3-5,8-15,21,29H,2,6-7,16-20,22H2,1H3,(H,35,36). The molecule has 0 aliphatic carbocycles. The molecule has 0 spiro atoms. The van der Waals surface area contributed by atoms with E-state index in [1.165, 1.54) is 11.0 Å². The van der Waals surface area contributed by atoms with Crippen molar-refractivity contribution < 1.29 is 42.4 Å². The predicted molar refractivity (Wildman–Crippen MR) is 148 cm³/mol. The summed E-state index contributed by atoms with van der Waals surface area (Å²) >= 11 is 0. The van der Waals surface area contributed by atoms with Crippen molar-refractivity contribution in [2.45, 2.75) is 38.9 Å². The third kappa shape index (κ3) is 11.1. The number of hydrogen-bond donors (Lipinski definition) is 1. The Morgan fingerprint density at radius 2 is 1.59 bits per heavy atom. The maximum atomic E-state index is 14.0. The van der Waals surface area contributed by atoms with Gasteiger partial charge in [-0.05, 0) is 61.7 Å². The van der Waals surface area contributed by atoms with E-state index >= 15 is 0 Å². The fourth-order valence-corrected chi connectivity index (χ4v) is 3.90. The molecule has 220 valence electrons. The van der Waals surface area contributed by atoms with Crippen LogP contribution in [0.2, 0.25) is 0 Å². The highest BCUT2D eigenvalue weighted by atomic mass is 19.1. The van der Waals surface area contributed by atoms with Gasteiger partial charge in [-0.2, -0.15) is 0 Å². The van der Waals surface area contributed by atoms with Crippen molar-refractivity contribution in [2.75, 3.05) is 32.9 Å². The van der Waals surface area contributed by atoms with E-state index in [2.05, 4.69) is 0 Å². The number of carbonyl (C=O) groups is 2. The van der Waals surface area contributed by atoms with Crippen LogP contribution in [0.5, 0.6) is 11.5 Å². The first kappa shape index (κ1) is 31.3. The fourth-order valence-electron chi connectivity index (χ4n) is 3.90. The van der Waals surface area contributed by atoms with Gasteiger partial charge in [0.1, 0.15) is 36.3 Å². The van der Waals surface area contributed by atoms with E-state index in [9.17, 15) is 23.5 Å². The summed E-state index contributed by atoms with van der Waals surface area (Å²) in [6.07, 6.45) is -0.0232. The van der Waals surface area contributed by atoms with Crippen LogP contribution in [-0.2, 0) is 27.3 Å². The lowest BCUT2D eigenvalue weighted by Crippen LogP contribution is -2.36. The predicted octanol–water partition coefficient (Wildman–Crippen LogP) is 5.87. The van der Waals surface area contributed by atoms with Gasteiger partial charge in [-0.15, -0.1) is 0 Å². The molecule has 1 unspecified atom stereocenters. The first-order chi connectivity index (χ1) is 19.9. The zero-order chi connectivity index (χ0) is 29.5. The van der Waals surface area contributed by atoms with Crippen LogP contribution in [0.15, 0.2) is 72.8 Å². The number of unbranched alkanes of at least 4 members (excludes halogenated alkanes) is 1. The van der Waals surface area contributed by atoms with Crippen LogP contribution in [0.25, 0.3) is 0 Å². The first-order valence-electron chi connectivity index (χ1n) is 13.4. The van der Waals surface area contributed by atoms with E-state index in [1.807, 2.05) is 30.3 Å². The van der Waals surface area contributed by atoms with Crippen molar-refractivity contribution in [2.24, 2.45) is 0 Å². The fraction of sp³-hybridized carbons (Fsp3) is 0.355. The molecule has 41 heavy (non-hydrogen) atoms. The van der Waals surface area contributed by atoms with Gasteiger partial charge in [0.2, 0.25) is 0 Å². The highest BCUT2D eigenvalue weighted by molar-refractivity contribution is 5.72. The minimum atomic E-state index is -1.02. The van der Waals surface area contributed by atoms with Crippen molar-refractivity contribution >= 4 is 12.1 Å². The lowest BCUT2D eigenvalue weighted by Gasteiger charge is -2.22. The van der Waals surface area contributed by atoms with Crippen LogP contribution in [-0.4, -0.2) is 61.1 Å². The highest BCUT2D eigenvalue weighted by Gasteiger charge is 2.19. The molecule has 0 aliphatic rings. The number of carbonyl (C=O) groups excluding carboxylic acids is 1. The average molecular weight is 572 g/mol. The summed E-state index contributed by atoms with van der Waals surface area (Å²) in [5.74, 6) is -1.20. The minimum absolute atomic E-state index is 0.0711. The van der Waals surface area contributed by atoms with Gasteiger partial charge in [-0.3, -0.25) is 0 Å². The largest absolute Gasteiger partial charge is 0.494 e. The number of carboxylic acid groups (broad SMARTS) is 1. The van der Waals surface area contributed by atoms with Gasteiger partial charge >= 0.3 is 12.1 Å². The molecule has 0 bridgehead atoms. The van der Waals surface area contributed by atoms with Crippen LogP contribution < -0.4 is 9.47 Å². The average Bonchev–Trinajstić information content (AvgIpc) is 2.96. The van der Waals surface area contributed by atoms with Gasteiger partial charge in [0.15, 0.2) is 6.10 Å². The van der Waals surface area contributed by atoms with E-state index in [-0.39, 0.29) is 31.7 Å². The van der Waals surface area contributed by atoms with Gasteiger partial charge in [0.25, 0.3) is 0 Å². The molecule has 0 saturated carbocycles. The maximum Gasteiger partial charge on any atom is 0.410 e. The minimum Gasteiger partial charge on any atom is -0.494 e. The molecular weight excluding hydrogens is 536 g/mol. The molecule has 1 atom stereocenters. The number of ether oxygens (including phenoxy) is 4. The summed E-state index contributed by atoms with van der Waals surface area (Å²) in [5, 5.41) is 9.27. The van der Waals surface area contributed by atoms with Crippen LogP contribution in [0.3, 0.4) is 0 Å². The first-order valence-corrected chi connectivity index (χ1v) is 13.4. The smallest absolute Gasteiger partial charge is 0.410 e. The maximum absolute atomic E-state index is 14.0. The van der Waals surface area contributed by atoms with E-state index in [0.717, 1.165) is 23.4 Å². The SMILES string of the molecule is CCOC(Cc1ccc(OCCN(CCCCOc2ccccc2)C(=O)OCc2ccc(F)cc2F)cc1)C(=O)O. The Morgan fingerprint density at radius 3 is 2.27 bits per heavy atom. The molecule has 3 aromatic rings. The van der Waals surface area contributed by atoms with Gasteiger partial charge in [-0.25, -0.2) is 18.4 Å². The second kappa shape index (κ2) is 16.8. The Bertz CT molecular complexity index is 1220. The molecule has 10 heteroatoms. The number of amides is 1. The van der Waals surface area contributed by atoms with Crippen LogP contribution in [0.1, 0.15) is 30.9 Å². The Balaban J connectivity index is 1.51. The number of halogens is 2. The number of benzene rings is 3. The number of hydrogen-bond acceptors (Lipinski definition) is 6. The van der Waals surface area contributed by atoms with Gasteiger partial charge in [-0.1, -0.05) is 30.3 Å². The summed E-state index contributed by atoms with van der Waals surface area (Å²) in [4.78, 5) is 25.6. The van der Waals surface area contributed by atoms with Crippen molar-refractivity contribution in [1.82, 2.24) is 4.90 Å². The molecular formula is C31H35F2NO7. The Labute approximate surface area is 238 Å². The van der Waals surface area contributed by atoms with Gasteiger partial charge in [0.05, 0.1) is 13.2 Å². The molecule has 0 saturated heterocycles. The zero-order valence-electron chi connectivity index (χ0n) is 23.0. The van der Waals surface area contributed by atoms with Crippen molar-refractivity contribution in [3.63, 3.8) is 0 Å². The zero-order valence-corrected chi connectivity index (χ0v) is 23.0. The third-order valence-corrected chi connectivity index (χ3v) is 6.08. The monoisotopic (exact) mass is 571 g/mol. The topological polar surface area (TPSA) is 94.5 Å². The number of nitrogens with zero attached hydrogens (tertiary/aromatic N) is 1. The van der Waals surface area contributed by atoms with Crippen LogP contribution >= 0.6 is 0 Å². The molecule has 0 aromatic heterocycles. The number of para-hydroxylation sites is 1. The van der Waals surface area contributed by atoms with Crippen LogP contribution in [0, 0.1) is 11.6 Å². The van der Waals surface area contributed by atoms with E-state index < -0.39 is 29.8 Å². The Morgan fingerprint density at radius 1 is 0.878 bits per heavy atom. The number of rotatable bonds is 17. The molecule has 3 rings (SSSR count). The lowest BCUT2D eigenvalue weighted by atomic mass is 10.1. The second-order valence-electron chi connectivity index (χ2n) is 9.12. The van der Waals surface area contributed by atoms with E-state index in [4.69, 9.17) is 18.9 Å². The Hall–Kier alpha value is -4.18. The summed E-state index contributed by atoms with van der Waals surface area (Å²) < 4.78 is 49.2. The van der Waals surface area contributed by atoms with Gasteiger partial charge < -0.3 is 29.0 Å². The summed E-state index contributed by atoms with van der Waals surface area (Å²) in [7, 11) is 0. The molecule has 8 nitrogen and oxygen atoms in total. The molecule has 0 aliphatic heterocycles. The van der Waals surface area contributed by atoms with Crippen LogP contribution in [0.4, 0.5) is 13.6 Å². The summed E-state index contributed by atoms with van der Waals surface area (Å²) in [6.45, 7) is 2.91. The highest BCUT2D eigenvalue weighted by Crippen LogP contribution is 2.16. The summed E-state index contributed by atoms with van der Waals surface area (Å²) in [6, 6.07) is 19.5. The van der Waals surface area contributed by atoms with Gasteiger partial charge in [0, 0.05) is 31.2 Å². The van der Waals surface area contributed by atoms with E-state index in [1.54, 1.807) is 31.2 Å².